The molecule has 3 nitrogen and oxygen atoms in total. The van der Waals surface area contributed by atoms with Crippen LogP contribution < -0.4 is 4.74 Å². The molecule has 0 saturated carbocycles. The third-order valence-corrected chi connectivity index (χ3v) is 3.97. The van der Waals surface area contributed by atoms with Gasteiger partial charge in [0.1, 0.15) is 11.5 Å². The number of hydrogen-bond acceptors (Lipinski definition) is 2. The molecule has 0 fully saturated rings. The Morgan fingerprint density at radius 1 is 1.13 bits per heavy atom. The minimum Gasteiger partial charge on any atom is -0.456 e. The highest BCUT2D eigenvalue weighted by atomic mass is 35.5. The minimum absolute atomic E-state index is 0.541. The summed E-state index contributed by atoms with van der Waals surface area (Å²) in [6.45, 7) is 3.21. The topological polar surface area (TPSA) is 27.1 Å². The van der Waals surface area contributed by atoms with E-state index in [1.54, 1.807) is 0 Å². The number of ether oxygens (including phenoxy) is 1. The number of halogens is 1. The normalized spacial score (nSPS) is 12.1. The van der Waals surface area contributed by atoms with Gasteiger partial charge >= 0.3 is 0 Å². The molecule has 118 valence electrons. The van der Waals surface area contributed by atoms with E-state index in [0.29, 0.717) is 16.7 Å². The predicted octanol–water partition coefficient (Wildman–Crippen LogP) is 5.21. The lowest BCUT2D eigenvalue weighted by molar-refractivity contribution is 0.474. The Hall–Kier alpha value is -2.26. The van der Waals surface area contributed by atoms with E-state index in [1.807, 2.05) is 55.1 Å². The summed E-state index contributed by atoms with van der Waals surface area (Å²) in [4.78, 5) is 4.08. The van der Waals surface area contributed by atoms with Gasteiger partial charge in [0.25, 0.3) is 0 Å². The van der Waals surface area contributed by atoms with Gasteiger partial charge in [0, 0.05) is 18.9 Å². The maximum Gasteiger partial charge on any atom is 0.146 e. The third kappa shape index (κ3) is 4.36. The molecule has 0 aliphatic rings. The SMILES string of the molecule is CC(Cc1ccc(Oc2ccccc2Cl)cc1)Cn1ccnc1. The molecular weight excluding hydrogens is 308 g/mol. The third-order valence-electron chi connectivity index (χ3n) is 3.65. The van der Waals surface area contributed by atoms with Gasteiger partial charge in [-0.15, -0.1) is 0 Å². The Morgan fingerprint density at radius 3 is 2.61 bits per heavy atom. The number of aromatic nitrogens is 2. The number of para-hydroxylation sites is 1. The lowest BCUT2D eigenvalue weighted by atomic mass is 10.0. The largest absolute Gasteiger partial charge is 0.456 e. The highest BCUT2D eigenvalue weighted by Gasteiger charge is 2.06. The second-order valence-corrected chi connectivity index (χ2v) is 6.15. The molecule has 0 amide bonds. The van der Waals surface area contributed by atoms with Crippen molar-refractivity contribution in [2.75, 3.05) is 0 Å². The zero-order chi connectivity index (χ0) is 16.1. The fraction of sp³-hybridized carbons (Fsp3) is 0.211. The second-order valence-electron chi connectivity index (χ2n) is 5.75. The summed E-state index contributed by atoms with van der Waals surface area (Å²) in [6.07, 6.45) is 6.69. The molecule has 0 N–H and O–H groups in total. The van der Waals surface area contributed by atoms with Gasteiger partial charge in [-0.2, -0.15) is 0 Å². The molecular formula is C19H19ClN2O. The number of hydrogen-bond donors (Lipinski definition) is 0. The standard InChI is InChI=1S/C19H19ClN2O/c1-15(13-22-11-10-21-14-22)12-16-6-8-17(9-7-16)23-19-5-3-2-4-18(19)20/h2-11,14-15H,12-13H2,1H3. The fourth-order valence-corrected chi connectivity index (χ4v) is 2.74. The highest BCUT2D eigenvalue weighted by molar-refractivity contribution is 6.32. The average molecular weight is 327 g/mol. The molecule has 0 saturated heterocycles. The number of nitrogens with zero attached hydrogens (tertiary/aromatic N) is 2. The summed E-state index contributed by atoms with van der Waals surface area (Å²) in [5, 5.41) is 0.616. The van der Waals surface area contributed by atoms with E-state index in [2.05, 4.69) is 28.6 Å². The van der Waals surface area contributed by atoms with Gasteiger partial charge in [-0.1, -0.05) is 42.8 Å². The van der Waals surface area contributed by atoms with E-state index in [1.165, 1.54) is 5.56 Å². The van der Waals surface area contributed by atoms with Gasteiger partial charge in [-0.3, -0.25) is 0 Å². The molecule has 0 aliphatic heterocycles. The summed E-state index contributed by atoms with van der Waals surface area (Å²) in [5.41, 5.74) is 1.30. The van der Waals surface area contributed by atoms with Crippen molar-refractivity contribution >= 4 is 11.6 Å². The summed E-state index contributed by atoms with van der Waals surface area (Å²) >= 11 is 6.11. The average Bonchev–Trinajstić information content (AvgIpc) is 3.04. The van der Waals surface area contributed by atoms with Gasteiger partial charge in [0.2, 0.25) is 0 Å². The quantitative estimate of drug-likeness (QED) is 0.622. The zero-order valence-electron chi connectivity index (χ0n) is 13.0. The van der Waals surface area contributed by atoms with Crippen molar-refractivity contribution in [1.82, 2.24) is 9.55 Å². The number of rotatable bonds is 6. The maximum absolute atomic E-state index is 6.11. The lowest BCUT2D eigenvalue weighted by Crippen LogP contribution is -2.08. The van der Waals surface area contributed by atoms with Crippen LogP contribution in [-0.4, -0.2) is 9.55 Å². The molecule has 3 rings (SSSR count). The first kappa shape index (κ1) is 15.6. The molecule has 0 aliphatic carbocycles. The van der Waals surface area contributed by atoms with Crippen LogP contribution in [0, 0.1) is 5.92 Å². The predicted molar refractivity (Wildman–Crippen MR) is 93.1 cm³/mol. The molecule has 1 unspecified atom stereocenters. The maximum atomic E-state index is 6.11. The summed E-state index contributed by atoms with van der Waals surface area (Å²) in [7, 11) is 0. The lowest BCUT2D eigenvalue weighted by Gasteiger charge is -2.13. The highest BCUT2D eigenvalue weighted by Crippen LogP contribution is 2.29. The van der Waals surface area contributed by atoms with Crippen molar-refractivity contribution in [3.63, 3.8) is 0 Å². The van der Waals surface area contributed by atoms with E-state index in [9.17, 15) is 0 Å². The first-order valence-electron chi connectivity index (χ1n) is 7.68. The summed E-state index contributed by atoms with van der Waals surface area (Å²) in [6, 6.07) is 15.7. The molecule has 23 heavy (non-hydrogen) atoms. The fourth-order valence-electron chi connectivity index (χ4n) is 2.57. The van der Waals surface area contributed by atoms with Crippen molar-refractivity contribution in [2.45, 2.75) is 19.9 Å². The smallest absolute Gasteiger partial charge is 0.146 e. The molecule has 4 heteroatoms. The Morgan fingerprint density at radius 2 is 1.91 bits per heavy atom. The molecule has 2 aromatic carbocycles. The molecule has 0 bridgehead atoms. The van der Waals surface area contributed by atoms with Crippen molar-refractivity contribution < 1.29 is 4.74 Å². The Labute approximate surface area is 141 Å². The van der Waals surface area contributed by atoms with Crippen molar-refractivity contribution in [1.29, 1.82) is 0 Å². The summed E-state index contributed by atoms with van der Waals surface area (Å²) < 4.78 is 7.92. The Kier molecular flexibility index (Phi) is 4.99. The van der Waals surface area contributed by atoms with Crippen LogP contribution in [0.3, 0.4) is 0 Å². The van der Waals surface area contributed by atoms with Crippen molar-refractivity contribution in [2.24, 2.45) is 5.92 Å². The van der Waals surface area contributed by atoms with Crippen LogP contribution in [0.1, 0.15) is 12.5 Å². The second kappa shape index (κ2) is 7.34. The van der Waals surface area contributed by atoms with Crippen LogP contribution in [0.15, 0.2) is 67.3 Å². The van der Waals surface area contributed by atoms with Gasteiger partial charge in [0.15, 0.2) is 0 Å². The first-order chi connectivity index (χ1) is 11.2. The van der Waals surface area contributed by atoms with E-state index in [0.717, 1.165) is 18.7 Å². The number of imidazole rings is 1. The summed E-state index contributed by atoms with van der Waals surface area (Å²) in [5.74, 6) is 2.01. The van der Waals surface area contributed by atoms with Gasteiger partial charge in [-0.25, -0.2) is 4.98 Å². The van der Waals surface area contributed by atoms with Gasteiger partial charge < -0.3 is 9.30 Å². The first-order valence-corrected chi connectivity index (χ1v) is 8.05. The Bertz CT molecular complexity index is 738. The van der Waals surface area contributed by atoms with E-state index in [4.69, 9.17) is 16.3 Å². The van der Waals surface area contributed by atoms with Crippen molar-refractivity contribution in [3.05, 3.63) is 77.8 Å². The van der Waals surface area contributed by atoms with Gasteiger partial charge in [-0.05, 0) is 42.2 Å². The van der Waals surface area contributed by atoms with Crippen molar-refractivity contribution in [3.8, 4) is 11.5 Å². The molecule has 1 atom stereocenters. The van der Waals surface area contributed by atoms with E-state index in [-0.39, 0.29) is 0 Å². The number of benzene rings is 2. The minimum atomic E-state index is 0.541. The molecule has 1 heterocycles. The van der Waals surface area contributed by atoms with E-state index >= 15 is 0 Å². The molecule has 1 aromatic heterocycles. The molecule has 3 aromatic rings. The Balaban J connectivity index is 1.59. The van der Waals surface area contributed by atoms with Crippen LogP contribution in [0.4, 0.5) is 0 Å². The van der Waals surface area contributed by atoms with Gasteiger partial charge in [0.05, 0.1) is 11.3 Å². The monoisotopic (exact) mass is 326 g/mol. The zero-order valence-corrected chi connectivity index (χ0v) is 13.8. The van der Waals surface area contributed by atoms with Crippen LogP contribution in [0.2, 0.25) is 5.02 Å². The van der Waals surface area contributed by atoms with E-state index < -0.39 is 0 Å². The molecule has 0 spiro atoms. The van der Waals surface area contributed by atoms with Crippen LogP contribution >= 0.6 is 11.6 Å². The van der Waals surface area contributed by atoms with Crippen LogP contribution in [0.25, 0.3) is 0 Å². The molecule has 0 radical (unpaired) electrons. The van der Waals surface area contributed by atoms with Crippen LogP contribution in [-0.2, 0) is 13.0 Å². The van der Waals surface area contributed by atoms with Crippen LogP contribution in [0.5, 0.6) is 11.5 Å².